The Balaban J connectivity index is 4.26. The van der Waals surface area contributed by atoms with Crippen molar-refractivity contribution in [1.82, 2.24) is 4.90 Å². The van der Waals surface area contributed by atoms with Crippen LogP contribution in [0.1, 0.15) is 13.8 Å². The molecule has 90 valence electrons. The molecule has 5 heteroatoms. The van der Waals surface area contributed by atoms with E-state index in [4.69, 9.17) is 10.5 Å². The Morgan fingerprint density at radius 2 is 2.07 bits per heavy atom. The molecule has 0 aliphatic heterocycles. The maximum atomic E-state index is 11.3. The smallest absolute Gasteiger partial charge is 0.326 e. The Labute approximate surface area is 91.5 Å². The van der Waals surface area contributed by atoms with E-state index < -0.39 is 11.5 Å². The van der Waals surface area contributed by atoms with Gasteiger partial charge in [0.25, 0.3) is 0 Å². The Morgan fingerprint density at radius 3 is 2.47 bits per heavy atom. The van der Waals surface area contributed by atoms with Crippen LogP contribution in [0.15, 0.2) is 0 Å². The van der Waals surface area contributed by atoms with Crippen molar-refractivity contribution in [1.29, 1.82) is 0 Å². The first-order valence-electron chi connectivity index (χ1n) is 4.91. The van der Waals surface area contributed by atoms with Crippen molar-refractivity contribution in [3.8, 4) is 0 Å². The Morgan fingerprint density at radius 1 is 1.53 bits per heavy atom. The van der Waals surface area contributed by atoms with E-state index in [1.165, 1.54) is 7.11 Å². The lowest BCUT2D eigenvalue weighted by atomic mass is 10.0. The highest BCUT2D eigenvalue weighted by molar-refractivity contribution is 5.80. The number of nitrogens with zero attached hydrogens (tertiary/aromatic N) is 1. The molecule has 15 heavy (non-hydrogen) atoms. The zero-order chi connectivity index (χ0) is 12.1. The minimum atomic E-state index is -0.981. The standard InChI is InChI=1S/C10H22N2O3/c1-8(6-14-4)12(3)7-10(2,11)9(13)15-5/h8H,6-7,11H2,1-5H3. The fourth-order valence-electron chi connectivity index (χ4n) is 1.34. The summed E-state index contributed by atoms with van der Waals surface area (Å²) in [4.78, 5) is 13.3. The zero-order valence-corrected chi connectivity index (χ0v) is 10.2. The summed E-state index contributed by atoms with van der Waals surface area (Å²) in [6.45, 7) is 4.71. The zero-order valence-electron chi connectivity index (χ0n) is 10.2. The molecule has 0 heterocycles. The third kappa shape index (κ3) is 4.59. The summed E-state index contributed by atoms with van der Waals surface area (Å²) in [7, 11) is 4.88. The summed E-state index contributed by atoms with van der Waals surface area (Å²) in [6.07, 6.45) is 0. The second kappa shape index (κ2) is 6.05. The van der Waals surface area contributed by atoms with Gasteiger partial charge in [0, 0.05) is 19.7 Å². The van der Waals surface area contributed by atoms with E-state index in [9.17, 15) is 4.79 Å². The first kappa shape index (κ1) is 14.3. The van der Waals surface area contributed by atoms with Gasteiger partial charge in [-0.25, -0.2) is 0 Å². The molecule has 5 nitrogen and oxygen atoms in total. The molecule has 0 rings (SSSR count). The molecule has 0 saturated carbocycles. The number of carbonyl (C=O) groups excluding carboxylic acids is 1. The van der Waals surface area contributed by atoms with E-state index in [2.05, 4.69) is 4.74 Å². The highest BCUT2D eigenvalue weighted by Gasteiger charge is 2.31. The highest BCUT2D eigenvalue weighted by Crippen LogP contribution is 2.07. The molecule has 2 N–H and O–H groups in total. The average molecular weight is 218 g/mol. The number of rotatable bonds is 6. The normalized spacial score (nSPS) is 17.3. The fourth-order valence-corrected chi connectivity index (χ4v) is 1.34. The molecule has 0 bridgehead atoms. The van der Waals surface area contributed by atoms with Crippen LogP contribution in [0.3, 0.4) is 0 Å². The van der Waals surface area contributed by atoms with Crippen LogP contribution >= 0.6 is 0 Å². The van der Waals surface area contributed by atoms with E-state index in [1.807, 2.05) is 18.9 Å². The lowest BCUT2D eigenvalue weighted by molar-refractivity contribution is -0.147. The van der Waals surface area contributed by atoms with Crippen LogP contribution < -0.4 is 5.73 Å². The van der Waals surface area contributed by atoms with Crippen LogP contribution in [-0.2, 0) is 14.3 Å². The van der Waals surface area contributed by atoms with Gasteiger partial charge in [0.1, 0.15) is 5.54 Å². The van der Waals surface area contributed by atoms with Gasteiger partial charge in [0.15, 0.2) is 0 Å². The number of ether oxygens (including phenoxy) is 2. The molecular weight excluding hydrogens is 196 g/mol. The summed E-state index contributed by atoms with van der Waals surface area (Å²) >= 11 is 0. The topological polar surface area (TPSA) is 64.8 Å². The SMILES string of the molecule is COCC(C)N(C)CC(C)(N)C(=O)OC. The van der Waals surface area contributed by atoms with Crippen LogP contribution in [-0.4, -0.2) is 56.9 Å². The maximum absolute atomic E-state index is 11.3. The molecule has 2 atom stereocenters. The van der Waals surface area contributed by atoms with E-state index in [1.54, 1.807) is 14.0 Å². The molecule has 0 aromatic rings. The van der Waals surface area contributed by atoms with Gasteiger partial charge in [-0.3, -0.25) is 9.69 Å². The van der Waals surface area contributed by atoms with Gasteiger partial charge in [-0.15, -0.1) is 0 Å². The van der Waals surface area contributed by atoms with Crippen molar-refractivity contribution in [2.24, 2.45) is 5.73 Å². The van der Waals surface area contributed by atoms with Crippen molar-refractivity contribution < 1.29 is 14.3 Å². The molecule has 2 unspecified atom stereocenters. The second-order valence-corrected chi connectivity index (χ2v) is 4.13. The molecule has 0 amide bonds. The number of methoxy groups -OCH3 is 2. The summed E-state index contributed by atoms with van der Waals surface area (Å²) in [5.41, 5.74) is 4.87. The summed E-state index contributed by atoms with van der Waals surface area (Å²) < 4.78 is 9.66. The number of hydrogen-bond acceptors (Lipinski definition) is 5. The average Bonchev–Trinajstić information content (AvgIpc) is 2.16. The Bertz CT molecular complexity index is 207. The van der Waals surface area contributed by atoms with E-state index in [-0.39, 0.29) is 6.04 Å². The van der Waals surface area contributed by atoms with Gasteiger partial charge in [-0.1, -0.05) is 0 Å². The van der Waals surface area contributed by atoms with E-state index in [0.29, 0.717) is 13.2 Å². The molecule has 0 aromatic carbocycles. The van der Waals surface area contributed by atoms with Crippen LogP contribution in [0.25, 0.3) is 0 Å². The minimum Gasteiger partial charge on any atom is -0.468 e. The second-order valence-electron chi connectivity index (χ2n) is 4.13. The van der Waals surface area contributed by atoms with Crippen molar-refractivity contribution in [2.45, 2.75) is 25.4 Å². The van der Waals surface area contributed by atoms with Crippen molar-refractivity contribution in [3.05, 3.63) is 0 Å². The van der Waals surface area contributed by atoms with Crippen LogP contribution in [0.5, 0.6) is 0 Å². The summed E-state index contributed by atoms with van der Waals surface area (Å²) in [5.74, 6) is -0.404. The first-order valence-corrected chi connectivity index (χ1v) is 4.91. The molecular formula is C10H22N2O3. The van der Waals surface area contributed by atoms with Gasteiger partial charge in [0.2, 0.25) is 0 Å². The number of carbonyl (C=O) groups is 1. The van der Waals surface area contributed by atoms with E-state index >= 15 is 0 Å². The number of esters is 1. The minimum absolute atomic E-state index is 0.211. The molecule has 0 saturated heterocycles. The third-order valence-corrected chi connectivity index (χ3v) is 2.39. The predicted octanol–water partition coefficient (Wildman–Crippen LogP) is -0.156. The number of likely N-dealkylation sites (N-methyl/N-ethyl adjacent to an activating group) is 1. The van der Waals surface area contributed by atoms with Crippen molar-refractivity contribution in [2.75, 3.05) is 34.4 Å². The molecule has 0 aliphatic rings. The fraction of sp³-hybridized carbons (Fsp3) is 0.900. The van der Waals surface area contributed by atoms with Crippen LogP contribution in [0, 0.1) is 0 Å². The summed E-state index contributed by atoms with van der Waals surface area (Å²) in [6, 6.07) is 0.211. The van der Waals surface area contributed by atoms with Crippen molar-refractivity contribution >= 4 is 5.97 Å². The largest absolute Gasteiger partial charge is 0.468 e. The monoisotopic (exact) mass is 218 g/mol. The molecule has 0 fully saturated rings. The van der Waals surface area contributed by atoms with Gasteiger partial charge in [0.05, 0.1) is 13.7 Å². The van der Waals surface area contributed by atoms with Gasteiger partial charge in [-0.05, 0) is 20.9 Å². The lowest BCUT2D eigenvalue weighted by Crippen LogP contribution is -2.55. The number of nitrogens with two attached hydrogens (primary N) is 1. The Hall–Kier alpha value is -0.650. The maximum Gasteiger partial charge on any atom is 0.326 e. The quantitative estimate of drug-likeness (QED) is 0.628. The van der Waals surface area contributed by atoms with Crippen molar-refractivity contribution in [3.63, 3.8) is 0 Å². The van der Waals surface area contributed by atoms with E-state index in [0.717, 1.165) is 0 Å². The Kier molecular flexibility index (Phi) is 5.79. The first-order chi connectivity index (χ1) is 6.85. The molecule has 0 radical (unpaired) electrons. The molecule has 0 spiro atoms. The third-order valence-electron chi connectivity index (χ3n) is 2.39. The summed E-state index contributed by atoms with van der Waals surface area (Å²) in [5, 5.41) is 0. The number of hydrogen-bond donors (Lipinski definition) is 1. The van der Waals surface area contributed by atoms with Gasteiger partial charge >= 0.3 is 5.97 Å². The van der Waals surface area contributed by atoms with Gasteiger partial charge in [-0.2, -0.15) is 0 Å². The van der Waals surface area contributed by atoms with Crippen LogP contribution in [0.2, 0.25) is 0 Å². The predicted molar refractivity (Wildman–Crippen MR) is 58.6 cm³/mol. The van der Waals surface area contributed by atoms with Gasteiger partial charge < -0.3 is 15.2 Å². The molecule has 0 aromatic heterocycles. The highest BCUT2D eigenvalue weighted by atomic mass is 16.5. The molecule has 0 aliphatic carbocycles. The van der Waals surface area contributed by atoms with Crippen LogP contribution in [0.4, 0.5) is 0 Å². The lowest BCUT2D eigenvalue weighted by Gasteiger charge is -2.31.